The second-order valence-electron chi connectivity index (χ2n) is 6.79. The maximum absolute atomic E-state index is 12.7. The zero-order valence-electron chi connectivity index (χ0n) is 14.5. The standard InChI is InChI=1S/C16H24N2O5S/c1-16(2,3)23-15(21)18-9-11(8-13(19)22-4)7-12(18)14(20)17-5-6-24-10-17/h8,12H,5-7,9-10H2,1-4H3/b11-8+/t12-/m0/s1. The van der Waals surface area contributed by atoms with Crippen LogP contribution in [-0.2, 0) is 19.1 Å². The van der Waals surface area contributed by atoms with Gasteiger partial charge in [-0.25, -0.2) is 9.59 Å². The molecule has 2 saturated heterocycles. The van der Waals surface area contributed by atoms with Gasteiger partial charge in [-0.15, -0.1) is 11.8 Å². The number of likely N-dealkylation sites (tertiary alicyclic amines) is 1. The number of rotatable bonds is 2. The normalized spacial score (nSPS) is 22.8. The molecule has 0 spiro atoms. The molecule has 0 unspecified atom stereocenters. The molecule has 2 amide bonds. The Bertz CT molecular complexity index is 549. The van der Waals surface area contributed by atoms with Crippen molar-refractivity contribution >= 4 is 29.7 Å². The van der Waals surface area contributed by atoms with Crippen molar-refractivity contribution in [3.05, 3.63) is 11.6 Å². The number of methoxy groups -OCH3 is 1. The fourth-order valence-electron chi connectivity index (χ4n) is 2.61. The molecule has 0 aromatic carbocycles. The Morgan fingerprint density at radius 2 is 2.00 bits per heavy atom. The van der Waals surface area contributed by atoms with Crippen molar-refractivity contribution in [2.45, 2.75) is 38.8 Å². The molecule has 134 valence electrons. The first-order valence-corrected chi connectivity index (χ1v) is 9.00. The highest BCUT2D eigenvalue weighted by atomic mass is 32.2. The molecular weight excluding hydrogens is 332 g/mol. The quantitative estimate of drug-likeness (QED) is 0.553. The highest BCUT2D eigenvalue weighted by Crippen LogP contribution is 2.28. The maximum atomic E-state index is 12.7. The fraction of sp³-hybridized carbons (Fsp3) is 0.688. The van der Waals surface area contributed by atoms with Gasteiger partial charge < -0.3 is 14.4 Å². The smallest absolute Gasteiger partial charge is 0.411 e. The van der Waals surface area contributed by atoms with Crippen molar-refractivity contribution in [3.63, 3.8) is 0 Å². The predicted octanol–water partition coefficient (Wildman–Crippen LogP) is 1.63. The molecule has 8 heteroatoms. The van der Waals surface area contributed by atoms with E-state index in [0.29, 0.717) is 24.4 Å². The second-order valence-corrected chi connectivity index (χ2v) is 7.87. The van der Waals surface area contributed by atoms with E-state index in [-0.39, 0.29) is 12.5 Å². The summed E-state index contributed by atoms with van der Waals surface area (Å²) in [5.41, 5.74) is 0.0427. The minimum Gasteiger partial charge on any atom is -0.466 e. The summed E-state index contributed by atoms with van der Waals surface area (Å²) in [6.07, 6.45) is 1.14. The van der Waals surface area contributed by atoms with E-state index in [2.05, 4.69) is 4.74 Å². The summed E-state index contributed by atoms with van der Waals surface area (Å²) < 4.78 is 10.0. The van der Waals surface area contributed by atoms with Gasteiger partial charge >= 0.3 is 12.1 Å². The van der Waals surface area contributed by atoms with Gasteiger partial charge in [-0.2, -0.15) is 0 Å². The van der Waals surface area contributed by atoms with Crippen molar-refractivity contribution in [3.8, 4) is 0 Å². The Morgan fingerprint density at radius 3 is 2.54 bits per heavy atom. The molecule has 1 atom stereocenters. The van der Waals surface area contributed by atoms with Gasteiger partial charge in [0.15, 0.2) is 0 Å². The van der Waals surface area contributed by atoms with Gasteiger partial charge in [-0.05, 0) is 26.3 Å². The van der Waals surface area contributed by atoms with Gasteiger partial charge in [0.05, 0.1) is 13.0 Å². The molecule has 0 saturated carbocycles. The van der Waals surface area contributed by atoms with Crippen molar-refractivity contribution in [1.29, 1.82) is 0 Å². The van der Waals surface area contributed by atoms with Crippen LogP contribution in [0.1, 0.15) is 27.2 Å². The molecular formula is C16H24N2O5S. The van der Waals surface area contributed by atoms with Gasteiger partial charge in [-0.1, -0.05) is 0 Å². The van der Waals surface area contributed by atoms with Crippen molar-refractivity contribution < 1.29 is 23.9 Å². The molecule has 2 fully saturated rings. The monoisotopic (exact) mass is 356 g/mol. The minimum absolute atomic E-state index is 0.0980. The van der Waals surface area contributed by atoms with Crippen LogP contribution in [0.25, 0.3) is 0 Å². The third kappa shape index (κ3) is 4.66. The summed E-state index contributed by atoms with van der Waals surface area (Å²) in [5, 5.41) is 0. The molecule has 0 N–H and O–H groups in total. The maximum Gasteiger partial charge on any atom is 0.411 e. The number of nitrogens with zero attached hydrogens (tertiary/aromatic N) is 2. The molecule has 2 aliphatic heterocycles. The number of carbonyl (C=O) groups is 3. The number of amides is 2. The highest BCUT2D eigenvalue weighted by molar-refractivity contribution is 7.99. The van der Waals surface area contributed by atoms with Crippen LogP contribution in [0.4, 0.5) is 4.79 Å². The average Bonchev–Trinajstić information content (AvgIpc) is 3.14. The van der Waals surface area contributed by atoms with Gasteiger partial charge in [0.25, 0.3) is 0 Å². The van der Waals surface area contributed by atoms with Crippen LogP contribution in [-0.4, -0.2) is 71.2 Å². The second kappa shape index (κ2) is 7.46. The van der Waals surface area contributed by atoms with Crippen LogP contribution in [0.3, 0.4) is 0 Å². The molecule has 0 aromatic rings. The van der Waals surface area contributed by atoms with E-state index in [4.69, 9.17) is 4.74 Å². The lowest BCUT2D eigenvalue weighted by Gasteiger charge is -2.29. The van der Waals surface area contributed by atoms with E-state index >= 15 is 0 Å². The largest absolute Gasteiger partial charge is 0.466 e. The van der Waals surface area contributed by atoms with Gasteiger partial charge in [0.1, 0.15) is 11.6 Å². The minimum atomic E-state index is -0.650. The molecule has 0 aromatic heterocycles. The van der Waals surface area contributed by atoms with E-state index in [9.17, 15) is 14.4 Å². The first-order valence-electron chi connectivity index (χ1n) is 7.85. The molecule has 2 heterocycles. The lowest BCUT2D eigenvalue weighted by Crippen LogP contribution is -2.48. The Balaban J connectivity index is 2.19. The van der Waals surface area contributed by atoms with Crippen LogP contribution in [0.5, 0.6) is 0 Å². The summed E-state index contributed by atoms with van der Waals surface area (Å²) in [6.45, 7) is 6.21. The van der Waals surface area contributed by atoms with Crippen molar-refractivity contribution in [2.75, 3.05) is 31.8 Å². The number of hydrogen-bond acceptors (Lipinski definition) is 6. The van der Waals surface area contributed by atoms with E-state index < -0.39 is 23.7 Å². The zero-order chi connectivity index (χ0) is 17.9. The molecule has 24 heavy (non-hydrogen) atoms. The summed E-state index contributed by atoms with van der Waals surface area (Å²) >= 11 is 1.69. The third-order valence-corrected chi connectivity index (χ3v) is 4.67. The molecule has 2 rings (SSSR count). The number of thioether (sulfide) groups is 1. The molecule has 0 radical (unpaired) electrons. The van der Waals surface area contributed by atoms with Crippen molar-refractivity contribution in [1.82, 2.24) is 9.80 Å². The van der Waals surface area contributed by atoms with Crippen molar-refractivity contribution in [2.24, 2.45) is 0 Å². The molecule has 0 aliphatic carbocycles. The lowest BCUT2D eigenvalue weighted by atomic mass is 10.1. The molecule has 7 nitrogen and oxygen atoms in total. The number of carbonyl (C=O) groups excluding carboxylic acids is 3. The Morgan fingerprint density at radius 1 is 1.29 bits per heavy atom. The Kier molecular flexibility index (Phi) is 5.79. The first kappa shape index (κ1) is 18.6. The Labute approximate surface area is 146 Å². The van der Waals surface area contributed by atoms with Gasteiger partial charge in [-0.3, -0.25) is 9.69 Å². The number of esters is 1. The number of hydrogen-bond donors (Lipinski definition) is 0. The van der Waals surface area contributed by atoms with Gasteiger partial charge in [0.2, 0.25) is 5.91 Å². The van der Waals surface area contributed by atoms with E-state index in [1.807, 2.05) is 0 Å². The van der Waals surface area contributed by atoms with Gasteiger partial charge in [0, 0.05) is 31.3 Å². The average molecular weight is 356 g/mol. The van der Waals surface area contributed by atoms with Crippen LogP contribution in [0, 0.1) is 0 Å². The third-order valence-electron chi connectivity index (χ3n) is 3.71. The lowest BCUT2D eigenvalue weighted by molar-refractivity contribution is -0.135. The van der Waals surface area contributed by atoms with Crippen LogP contribution < -0.4 is 0 Å². The topological polar surface area (TPSA) is 76.2 Å². The first-order chi connectivity index (χ1) is 11.2. The predicted molar refractivity (Wildman–Crippen MR) is 90.5 cm³/mol. The summed E-state index contributed by atoms with van der Waals surface area (Å²) in [5.74, 6) is 0.946. The van der Waals surface area contributed by atoms with E-state index in [1.54, 1.807) is 37.4 Å². The fourth-order valence-corrected chi connectivity index (χ4v) is 3.57. The van der Waals surface area contributed by atoms with E-state index in [0.717, 1.165) is 5.75 Å². The highest BCUT2D eigenvalue weighted by Gasteiger charge is 2.41. The van der Waals surface area contributed by atoms with Crippen LogP contribution in [0.15, 0.2) is 11.6 Å². The van der Waals surface area contributed by atoms with E-state index in [1.165, 1.54) is 18.1 Å². The molecule has 2 aliphatic rings. The van der Waals surface area contributed by atoms with Crippen LogP contribution in [0.2, 0.25) is 0 Å². The zero-order valence-corrected chi connectivity index (χ0v) is 15.4. The van der Waals surface area contributed by atoms with Crippen LogP contribution >= 0.6 is 11.8 Å². The summed E-state index contributed by atoms with van der Waals surface area (Å²) in [7, 11) is 1.30. The number of ether oxygens (including phenoxy) is 2. The molecule has 0 bridgehead atoms. The summed E-state index contributed by atoms with van der Waals surface area (Å²) in [4.78, 5) is 39.9. The Hall–Kier alpha value is -1.70. The summed E-state index contributed by atoms with van der Waals surface area (Å²) in [6, 6.07) is -0.630. The SMILES string of the molecule is COC(=O)/C=C1\C[C@@H](C(=O)N2CCSC2)N(C(=O)OC(C)(C)C)C1.